The fourth-order valence-electron chi connectivity index (χ4n) is 3.40. The van der Waals surface area contributed by atoms with Gasteiger partial charge < -0.3 is 9.84 Å². The van der Waals surface area contributed by atoms with E-state index in [0.29, 0.717) is 18.4 Å². The number of esters is 1. The number of hydrogen-bond acceptors (Lipinski definition) is 3. The van der Waals surface area contributed by atoms with Crippen molar-refractivity contribution in [2.75, 3.05) is 13.2 Å². The van der Waals surface area contributed by atoms with Crippen LogP contribution in [0.2, 0.25) is 0 Å². The zero-order chi connectivity index (χ0) is 21.5. The molecule has 0 saturated heterocycles. The van der Waals surface area contributed by atoms with Gasteiger partial charge in [0.25, 0.3) is 0 Å². The van der Waals surface area contributed by atoms with Gasteiger partial charge in [0, 0.05) is 24.7 Å². The van der Waals surface area contributed by atoms with Crippen molar-refractivity contribution < 1.29 is 19.0 Å². The van der Waals surface area contributed by atoms with Crippen LogP contribution >= 0.6 is 0 Å². The SMILES string of the molecule is C=CC(=O)OCCc1cc(-c2ccc(C)cc2F)ccc1-c1ccc(CCO)cc1. The number of carbonyl (C=O) groups is 1. The summed E-state index contributed by atoms with van der Waals surface area (Å²) in [5, 5.41) is 9.11. The van der Waals surface area contributed by atoms with Crippen LogP contribution in [-0.4, -0.2) is 24.3 Å². The van der Waals surface area contributed by atoms with Crippen LogP contribution in [0.25, 0.3) is 22.3 Å². The molecule has 0 unspecified atom stereocenters. The molecule has 3 rings (SSSR count). The number of halogens is 1. The van der Waals surface area contributed by atoms with E-state index in [9.17, 15) is 9.18 Å². The molecule has 3 nitrogen and oxygen atoms in total. The molecule has 0 saturated carbocycles. The van der Waals surface area contributed by atoms with Gasteiger partial charge in [0.2, 0.25) is 0 Å². The number of benzene rings is 3. The summed E-state index contributed by atoms with van der Waals surface area (Å²) in [7, 11) is 0. The Balaban J connectivity index is 1.97. The summed E-state index contributed by atoms with van der Waals surface area (Å²) < 4.78 is 19.7. The van der Waals surface area contributed by atoms with E-state index in [2.05, 4.69) is 6.58 Å². The first-order valence-corrected chi connectivity index (χ1v) is 9.90. The van der Waals surface area contributed by atoms with Crippen LogP contribution in [0.1, 0.15) is 16.7 Å². The maximum Gasteiger partial charge on any atom is 0.330 e. The first kappa shape index (κ1) is 21.5. The van der Waals surface area contributed by atoms with E-state index >= 15 is 0 Å². The quantitative estimate of drug-likeness (QED) is 0.411. The van der Waals surface area contributed by atoms with Gasteiger partial charge in [0.1, 0.15) is 5.82 Å². The Hall–Kier alpha value is -3.24. The van der Waals surface area contributed by atoms with Gasteiger partial charge in [-0.3, -0.25) is 0 Å². The molecule has 0 heterocycles. The van der Waals surface area contributed by atoms with Crippen LogP contribution in [0.15, 0.2) is 73.3 Å². The average Bonchev–Trinajstić information content (AvgIpc) is 2.74. The van der Waals surface area contributed by atoms with Gasteiger partial charge in [0.05, 0.1) is 6.61 Å². The Morgan fingerprint density at radius 1 is 1.00 bits per heavy atom. The highest BCUT2D eigenvalue weighted by molar-refractivity contribution is 5.81. The van der Waals surface area contributed by atoms with Crippen LogP contribution in [-0.2, 0) is 22.4 Å². The predicted molar refractivity (Wildman–Crippen MR) is 118 cm³/mol. The van der Waals surface area contributed by atoms with Crippen molar-refractivity contribution in [2.24, 2.45) is 0 Å². The van der Waals surface area contributed by atoms with E-state index in [1.54, 1.807) is 6.07 Å². The van der Waals surface area contributed by atoms with Crippen molar-refractivity contribution in [3.05, 3.63) is 95.8 Å². The van der Waals surface area contributed by atoms with Gasteiger partial charge >= 0.3 is 5.97 Å². The van der Waals surface area contributed by atoms with Crippen molar-refractivity contribution in [3.8, 4) is 22.3 Å². The Morgan fingerprint density at radius 3 is 2.37 bits per heavy atom. The molecule has 0 atom stereocenters. The van der Waals surface area contributed by atoms with E-state index in [4.69, 9.17) is 9.84 Å². The van der Waals surface area contributed by atoms with Crippen LogP contribution in [0, 0.1) is 12.7 Å². The predicted octanol–water partition coefficient (Wildman–Crippen LogP) is 5.27. The summed E-state index contributed by atoms with van der Waals surface area (Å²) in [6.07, 6.45) is 2.24. The highest BCUT2D eigenvalue weighted by atomic mass is 19.1. The third-order valence-corrected chi connectivity index (χ3v) is 4.99. The normalized spacial score (nSPS) is 10.6. The molecule has 0 bridgehead atoms. The Morgan fingerprint density at radius 2 is 1.70 bits per heavy atom. The minimum Gasteiger partial charge on any atom is -0.462 e. The third kappa shape index (κ3) is 5.22. The first-order valence-electron chi connectivity index (χ1n) is 9.90. The standard InChI is InChI=1S/C26H25FO3/c1-3-26(29)30-15-13-22-17-21(24-10-4-18(2)16-25(24)27)9-11-23(22)20-7-5-19(6-8-20)12-14-28/h3-11,16-17,28H,1,12-15H2,2H3. The zero-order valence-electron chi connectivity index (χ0n) is 17.0. The monoisotopic (exact) mass is 404 g/mol. The van der Waals surface area contributed by atoms with Crippen molar-refractivity contribution in [3.63, 3.8) is 0 Å². The summed E-state index contributed by atoms with van der Waals surface area (Å²) in [6, 6.07) is 19.0. The van der Waals surface area contributed by atoms with Gasteiger partial charge in [-0.2, -0.15) is 0 Å². The Kier molecular flexibility index (Phi) is 7.15. The minimum atomic E-state index is -0.467. The molecular weight excluding hydrogens is 379 g/mol. The van der Waals surface area contributed by atoms with Gasteiger partial charge in [-0.25, -0.2) is 9.18 Å². The van der Waals surface area contributed by atoms with Gasteiger partial charge in [0.15, 0.2) is 0 Å². The molecular formula is C26H25FO3. The molecule has 0 aromatic heterocycles. The lowest BCUT2D eigenvalue weighted by atomic mass is 9.92. The maximum absolute atomic E-state index is 14.5. The van der Waals surface area contributed by atoms with Gasteiger partial charge in [-0.05, 0) is 52.8 Å². The van der Waals surface area contributed by atoms with E-state index < -0.39 is 5.97 Å². The molecule has 0 radical (unpaired) electrons. The topological polar surface area (TPSA) is 46.5 Å². The molecule has 0 spiro atoms. The molecule has 154 valence electrons. The summed E-state index contributed by atoms with van der Waals surface area (Å²) >= 11 is 0. The lowest BCUT2D eigenvalue weighted by Crippen LogP contribution is -2.05. The highest BCUT2D eigenvalue weighted by Gasteiger charge is 2.11. The summed E-state index contributed by atoms with van der Waals surface area (Å²) in [5.41, 5.74) is 6.20. The number of ether oxygens (including phenoxy) is 1. The van der Waals surface area contributed by atoms with Crippen LogP contribution in [0.4, 0.5) is 4.39 Å². The van der Waals surface area contributed by atoms with E-state index in [0.717, 1.165) is 39.5 Å². The maximum atomic E-state index is 14.5. The molecule has 4 heteroatoms. The lowest BCUT2D eigenvalue weighted by Gasteiger charge is -2.14. The van der Waals surface area contributed by atoms with Crippen LogP contribution < -0.4 is 0 Å². The zero-order valence-corrected chi connectivity index (χ0v) is 17.0. The second-order valence-electron chi connectivity index (χ2n) is 7.15. The number of hydrogen-bond donors (Lipinski definition) is 1. The molecule has 1 N–H and O–H groups in total. The molecule has 0 amide bonds. The third-order valence-electron chi connectivity index (χ3n) is 4.99. The average molecular weight is 404 g/mol. The van der Waals surface area contributed by atoms with Crippen molar-refractivity contribution in [2.45, 2.75) is 19.8 Å². The fraction of sp³-hybridized carbons (Fsp3) is 0.192. The second-order valence-corrected chi connectivity index (χ2v) is 7.15. The lowest BCUT2D eigenvalue weighted by molar-refractivity contribution is -0.137. The minimum absolute atomic E-state index is 0.107. The molecule has 30 heavy (non-hydrogen) atoms. The summed E-state index contributed by atoms with van der Waals surface area (Å²) in [4.78, 5) is 11.4. The Labute approximate surface area is 176 Å². The number of aliphatic hydroxyl groups excluding tert-OH is 1. The second kappa shape index (κ2) is 9.99. The molecule has 0 fully saturated rings. The van der Waals surface area contributed by atoms with Crippen LogP contribution in [0.5, 0.6) is 0 Å². The van der Waals surface area contributed by atoms with Gasteiger partial charge in [-0.1, -0.05) is 61.2 Å². The van der Waals surface area contributed by atoms with E-state index in [1.165, 1.54) is 6.07 Å². The smallest absolute Gasteiger partial charge is 0.330 e. The number of aliphatic hydroxyl groups is 1. The van der Waals surface area contributed by atoms with Gasteiger partial charge in [-0.15, -0.1) is 0 Å². The van der Waals surface area contributed by atoms with E-state index in [1.807, 2.05) is 55.5 Å². The first-order chi connectivity index (χ1) is 14.5. The summed E-state index contributed by atoms with van der Waals surface area (Å²) in [5.74, 6) is -0.731. The molecule has 3 aromatic carbocycles. The molecule has 0 aliphatic rings. The Bertz CT molecular complexity index is 1040. The molecule has 0 aliphatic heterocycles. The molecule has 0 aliphatic carbocycles. The highest BCUT2D eigenvalue weighted by Crippen LogP contribution is 2.31. The van der Waals surface area contributed by atoms with Crippen molar-refractivity contribution in [1.82, 2.24) is 0 Å². The van der Waals surface area contributed by atoms with Crippen molar-refractivity contribution >= 4 is 5.97 Å². The van der Waals surface area contributed by atoms with Crippen molar-refractivity contribution in [1.29, 1.82) is 0 Å². The largest absolute Gasteiger partial charge is 0.462 e. The number of rotatable bonds is 8. The fourth-order valence-corrected chi connectivity index (χ4v) is 3.40. The summed E-state index contributed by atoms with van der Waals surface area (Å²) in [6.45, 7) is 5.58. The number of carbonyl (C=O) groups excluding carboxylic acids is 1. The number of aryl methyl sites for hydroxylation is 1. The van der Waals surface area contributed by atoms with Crippen LogP contribution in [0.3, 0.4) is 0 Å². The van der Waals surface area contributed by atoms with E-state index in [-0.39, 0.29) is 19.0 Å². The molecule has 3 aromatic rings.